The van der Waals surface area contributed by atoms with E-state index in [-0.39, 0.29) is 0 Å². The van der Waals surface area contributed by atoms with Crippen LogP contribution in [0.15, 0.2) is 0 Å². The van der Waals surface area contributed by atoms with E-state index in [1.165, 1.54) is 6.54 Å². The monoisotopic (exact) mass is 60.0 g/mol. The van der Waals surface area contributed by atoms with E-state index >= 15 is 0 Å². The lowest BCUT2D eigenvalue weighted by Crippen LogP contribution is -1.95. The maximum Gasteiger partial charge on any atom is 0.0464 e. The molecule has 0 atom stereocenters. The Hall–Kier alpha value is -0.0800. The van der Waals surface area contributed by atoms with Gasteiger partial charge in [0.2, 0.25) is 0 Å². The van der Waals surface area contributed by atoms with Gasteiger partial charge >= 0.3 is 0 Å². The second kappa shape index (κ2) is 2.92. The molecule has 0 bridgehead atoms. The molecule has 4 heavy (non-hydrogen) atoms. The number of hydroxylamine groups is 1. The molecule has 0 aromatic rings. The fraction of sp³-hybridized carbons (Fsp3) is 0.500. The van der Waals surface area contributed by atoms with E-state index in [0.29, 0.717) is 0 Å². The van der Waals surface area contributed by atoms with Crippen LogP contribution in [0.5, 0.6) is 0 Å². The molecule has 2 heteroatoms. The van der Waals surface area contributed by atoms with Crippen LogP contribution < -0.4 is 5.48 Å². The Morgan fingerprint density at radius 3 is 2.25 bits per heavy atom. The van der Waals surface area contributed by atoms with Gasteiger partial charge in [-0.05, 0) is 6.92 Å². The van der Waals surface area contributed by atoms with Crippen molar-refractivity contribution in [2.24, 2.45) is 0 Å². The van der Waals surface area contributed by atoms with Crippen LogP contribution in [-0.2, 0) is 0 Å². The first-order chi connectivity index (χ1) is 1.91. The Kier molecular flexibility index (Phi) is 2.86. The van der Waals surface area contributed by atoms with Crippen molar-refractivity contribution < 1.29 is 5.21 Å². The molecule has 2 N–H and O–H groups in total. The molecule has 0 fully saturated rings. The maximum absolute atomic E-state index is 7.57. The van der Waals surface area contributed by atoms with Crippen LogP contribution >= 0.6 is 0 Å². The molecular weight excluding hydrogens is 54.0 g/mol. The summed E-state index contributed by atoms with van der Waals surface area (Å²) in [4.78, 5) is 0. The van der Waals surface area contributed by atoms with E-state index in [0.717, 1.165) is 0 Å². The zero-order valence-corrected chi connectivity index (χ0v) is 2.52. The summed E-state index contributed by atoms with van der Waals surface area (Å²) < 4.78 is 0. The molecule has 0 saturated carbocycles. The lowest BCUT2D eigenvalue weighted by Gasteiger charge is -1.74. The van der Waals surface area contributed by atoms with Crippen LogP contribution in [-0.4, -0.2) is 5.21 Å². The molecule has 0 spiro atoms. The molecular formula is C2H6NO. The van der Waals surface area contributed by atoms with Crippen LogP contribution in [0.25, 0.3) is 0 Å². The fourth-order valence-corrected chi connectivity index (χ4v) is 0. The van der Waals surface area contributed by atoms with E-state index in [9.17, 15) is 0 Å². The molecule has 0 aliphatic rings. The first-order valence-corrected chi connectivity index (χ1v) is 1.09. The molecule has 0 unspecified atom stereocenters. The predicted molar refractivity (Wildman–Crippen MR) is 14.9 cm³/mol. The second-order valence-electron chi connectivity index (χ2n) is 0.418. The standard InChI is InChI=1S/C2H6NO/c1-2-3-4/h2-4H,1H3. The summed E-state index contributed by atoms with van der Waals surface area (Å²) in [6.45, 7) is 3.12. The van der Waals surface area contributed by atoms with E-state index < -0.39 is 0 Å². The molecule has 0 amide bonds. The zero-order valence-electron chi connectivity index (χ0n) is 2.52. The molecule has 0 aromatic heterocycles. The fourth-order valence-electron chi connectivity index (χ4n) is 0. The van der Waals surface area contributed by atoms with Crippen molar-refractivity contribution in [2.45, 2.75) is 6.92 Å². The minimum atomic E-state index is 1.43. The quantitative estimate of drug-likeness (QED) is 0.422. The average molecular weight is 60.1 g/mol. The summed E-state index contributed by atoms with van der Waals surface area (Å²) in [5.41, 5.74) is 1.81. The van der Waals surface area contributed by atoms with Gasteiger partial charge in [-0.15, -0.1) is 0 Å². The SMILES string of the molecule is C[CH]NO. The third-order valence-corrected chi connectivity index (χ3v) is 0.129. The van der Waals surface area contributed by atoms with Gasteiger partial charge in [-0.25, -0.2) is 5.48 Å². The largest absolute Gasteiger partial charge is 0.316 e. The van der Waals surface area contributed by atoms with Crippen molar-refractivity contribution in [3.05, 3.63) is 6.54 Å². The van der Waals surface area contributed by atoms with E-state index in [4.69, 9.17) is 5.21 Å². The van der Waals surface area contributed by atoms with Crippen molar-refractivity contribution in [1.29, 1.82) is 0 Å². The Labute approximate surface area is 25.4 Å². The smallest absolute Gasteiger partial charge is 0.0464 e. The minimum absolute atomic E-state index is 1.43. The van der Waals surface area contributed by atoms with Crippen LogP contribution in [0.2, 0.25) is 0 Å². The number of hydrogen-bond acceptors (Lipinski definition) is 2. The Bertz CT molecular complexity index is 8.00. The summed E-state index contributed by atoms with van der Waals surface area (Å²) in [5.74, 6) is 0. The third-order valence-electron chi connectivity index (χ3n) is 0.129. The average Bonchev–Trinajstić information content (AvgIpc) is 1.37. The summed E-state index contributed by atoms with van der Waals surface area (Å²) >= 11 is 0. The topological polar surface area (TPSA) is 32.3 Å². The van der Waals surface area contributed by atoms with Gasteiger partial charge in [0.15, 0.2) is 0 Å². The molecule has 0 rings (SSSR count). The third kappa shape index (κ3) is 1.92. The van der Waals surface area contributed by atoms with E-state index in [1.807, 2.05) is 0 Å². The first kappa shape index (κ1) is 3.92. The lowest BCUT2D eigenvalue weighted by atomic mass is 10.8. The van der Waals surface area contributed by atoms with E-state index in [2.05, 4.69) is 0 Å². The van der Waals surface area contributed by atoms with Crippen LogP contribution in [0.4, 0.5) is 0 Å². The Morgan fingerprint density at radius 1 is 2.00 bits per heavy atom. The Morgan fingerprint density at radius 2 is 2.25 bits per heavy atom. The van der Waals surface area contributed by atoms with Crippen molar-refractivity contribution in [3.8, 4) is 0 Å². The molecule has 0 aliphatic heterocycles. The lowest BCUT2D eigenvalue weighted by molar-refractivity contribution is 0.197. The number of rotatable bonds is 1. The van der Waals surface area contributed by atoms with Gasteiger partial charge in [0, 0.05) is 6.54 Å². The summed E-state index contributed by atoms with van der Waals surface area (Å²) in [6, 6.07) is 0. The highest BCUT2D eigenvalue weighted by Gasteiger charge is 1.53. The molecule has 0 saturated heterocycles. The van der Waals surface area contributed by atoms with Gasteiger partial charge in [-0.1, -0.05) is 0 Å². The highest BCUT2D eigenvalue weighted by Crippen LogP contribution is 1.46. The molecule has 25 valence electrons. The highest BCUT2D eigenvalue weighted by molar-refractivity contribution is 4.33. The van der Waals surface area contributed by atoms with E-state index in [1.54, 1.807) is 12.4 Å². The molecule has 0 heterocycles. The maximum atomic E-state index is 7.57. The predicted octanol–water partition coefficient (Wildman–Crippen LogP) is 0.147. The van der Waals surface area contributed by atoms with Crippen molar-refractivity contribution in [3.63, 3.8) is 0 Å². The highest BCUT2D eigenvalue weighted by atomic mass is 16.5. The van der Waals surface area contributed by atoms with Gasteiger partial charge in [-0.3, -0.25) is 0 Å². The van der Waals surface area contributed by atoms with Gasteiger partial charge in [0.1, 0.15) is 0 Å². The summed E-state index contributed by atoms with van der Waals surface area (Å²) in [7, 11) is 0. The molecule has 0 aliphatic carbocycles. The van der Waals surface area contributed by atoms with Crippen LogP contribution in [0, 0.1) is 6.54 Å². The molecule has 1 radical (unpaired) electrons. The summed E-state index contributed by atoms with van der Waals surface area (Å²) in [5, 5.41) is 7.57. The summed E-state index contributed by atoms with van der Waals surface area (Å²) in [6.07, 6.45) is 0. The second-order valence-corrected chi connectivity index (χ2v) is 0.418. The first-order valence-electron chi connectivity index (χ1n) is 1.09. The molecule has 2 nitrogen and oxygen atoms in total. The van der Waals surface area contributed by atoms with Crippen molar-refractivity contribution in [2.75, 3.05) is 0 Å². The van der Waals surface area contributed by atoms with Gasteiger partial charge in [0.05, 0.1) is 0 Å². The normalized spacial score (nSPS) is 7.50. The van der Waals surface area contributed by atoms with Crippen molar-refractivity contribution >= 4 is 0 Å². The van der Waals surface area contributed by atoms with Crippen LogP contribution in [0.1, 0.15) is 6.92 Å². The Balaban J connectivity index is 1.97. The van der Waals surface area contributed by atoms with Gasteiger partial charge in [-0.2, -0.15) is 0 Å². The zero-order chi connectivity index (χ0) is 3.41. The van der Waals surface area contributed by atoms with Crippen LogP contribution in [0.3, 0.4) is 0 Å². The minimum Gasteiger partial charge on any atom is -0.316 e. The van der Waals surface area contributed by atoms with Gasteiger partial charge in [0.25, 0.3) is 0 Å². The number of hydrogen-bond donors (Lipinski definition) is 2. The number of nitrogens with one attached hydrogen (secondary N) is 1. The molecule has 0 aromatic carbocycles. The van der Waals surface area contributed by atoms with Gasteiger partial charge < -0.3 is 5.21 Å². The van der Waals surface area contributed by atoms with Crippen molar-refractivity contribution in [1.82, 2.24) is 5.48 Å².